The number of carboxylic acids is 1. The number of carbonyl (C=O) groups is 1. The molecule has 2 N–H and O–H groups in total. The summed E-state index contributed by atoms with van der Waals surface area (Å²) in [6.45, 7) is 1.56. The maximum absolute atomic E-state index is 12.9. The van der Waals surface area contributed by atoms with Crippen molar-refractivity contribution in [2.45, 2.75) is 13.3 Å². The number of H-pyrrole nitrogens is 1. The fourth-order valence-electron chi connectivity index (χ4n) is 2.15. The van der Waals surface area contributed by atoms with E-state index in [0.717, 1.165) is 4.52 Å². The lowest BCUT2D eigenvalue weighted by atomic mass is 10.2. The molecule has 1 aromatic carbocycles. The number of aromatic amines is 1. The van der Waals surface area contributed by atoms with E-state index in [9.17, 15) is 14.0 Å². The van der Waals surface area contributed by atoms with E-state index >= 15 is 0 Å². The smallest absolute Gasteiger partial charge is 0.308 e. The Morgan fingerprint density at radius 2 is 2.00 bits per heavy atom. The summed E-state index contributed by atoms with van der Waals surface area (Å²) in [5.74, 6) is -1.01. The Morgan fingerprint density at radius 3 is 2.64 bits per heavy atom. The van der Waals surface area contributed by atoms with Crippen LogP contribution in [-0.2, 0) is 11.2 Å². The minimum Gasteiger partial charge on any atom is -0.481 e. The van der Waals surface area contributed by atoms with Gasteiger partial charge in [-0.25, -0.2) is 9.37 Å². The van der Waals surface area contributed by atoms with Crippen molar-refractivity contribution < 1.29 is 14.3 Å². The third-order valence-electron chi connectivity index (χ3n) is 3.24. The number of carboxylic acid groups (broad SMARTS) is 1. The molecule has 8 heteroatoms. The summed E-state index contributed by atoms with van der Waals surface area (Å²) in [6.07, 6.45) is -0.411. The van der Waals surface area contributed by atoms with Crippen LogP contribution in [0.25, 0.3) is 17.2 Å². The van der Waals surface area contributed by atoms with Crippen LogP contribution >= 0.6 is 0 Å². The van der Waals surface area contributed by atoms with Crippen LogP contribution in [0.3, 0.4) is 0 Å². The van der Waals surface area contributed by atoms with E-state index in [0.29, 0.717) is 17.1 Å². The Morgan fingerprint density at radius 1 is 1.32 bits per heavy atom. The third-order valence-corrected chi connectivity index (χ3v) is 3.24. The number of nitrogens with one attached hydrogen (secondary N) is 1. The van der Waals surface area contributed by atoms with Crippen LogP contribution in [0.4, 0.5) is 4.39 Å². The maximum atomic E-state index is 12.9. The van der Waals surface area contributed by atoms with Gasteiger partial charge in [0.2, 0.25) is 0 Å². The number of aromatic nitrogens is 4. The van der Waals surface area contributed by atoms with Gasteiger partial charge in [-0.3, -0.25) is 14.7 Å². The fourth-order valence-corrected chi connectivity index (χ4v) is 2.15. The van der Waals surface area contributed by atoms with Crippen LogP contribution in [0.1, 0.15) is 11.3 Å². The summed E-state index contributed by atoms with van der Waals surface area (Å²) in [5.41, 5.74) is 0.498. The number of benzene rings is 1. The largest absolute Gasteiger partial charge is 0.481 e. The molecule has 112 valence electrons. The minimum absolute atomic E-state index is 0.0966. The molecule has 0 atom stereocenters. The molecule has 2 aromatic heterocycles. The first kappa shape index (κ1) is 13.9. The molecule has 0 bridgehead atoms. The Labute approximate surface area is 123 Å². The van der Waals surface area contributed by atoms with Gasteiger partial charge >= 0.3 is 5.97 Å². The molecule has 0 saturated carbocycles. The topological polar surface area (TPSA) is 100 Å². The van der Waals surface area contributed by atoms with Crippen LogP contribution in [-0.4, -0.2) is 30.7 Å². The van der Waals surface area contributed by atoms with Crippen molar-refractivity contribution in [3.63, 3.8) is 0 Å². The molecule has 7 nitrogen and oxygen atoms in total. The zero-order chi connectivity index (χ0) is 15.9. The van der Waals surface area contributed by atoms with Gasteiger partial charge in [0.25, 0.3) is 11.3 Å². The van der Waals surface area contributed by atoms with Crippen molar-refractivity contribution in [1.82, 2.24) is 19.6 Å². The van der Waals surface area contributed by atoms with Crippen LogP contribution in [0.5, 0.6) is 0 Å². The monoisotopic (exact) mass is 302 g/mol. The standard InChI is InChI=1S/C14H11FN4O3/c1-7-10(6-11(20)21)13(22)19-14(16-7)17-12(18-19)8-2-4-9(15)5-3-8/h2-5H,6H2,1H3,(H,20,21)(H,16,17,18). The van der Waals surface area contributed by atoms with Crippen molar-refractivity contribution in [3.05, 3.63) is 51.7 Å². The highest BCUT2D eigenvalue weighted by Crippen LogP contribution is 2.16. The molecule has 0 radical (unpaired) electrons. The van der Waals surface area contributed by atoms with Gasteiger partial charge < -0.3 is 5.11 Å². The van der Waals surface area contributed by atoms with Crippen LogP contribution in [0, 0.1) is 12.7 Å². The van der Waals surface area contributed by atoms with E-state index in [2.05, 4.69) is 15.1 Å². The summed E-state index contributed by atoms with van der Waals surface area (Å²) in [6, 6.07) is 5.59. The minimum atomic E-state index is -1.11. The van der Waals surface area contributed by atoms with Crippen molar-refractivity contribution in [2.24, 2.45) is 0 Å². The second-order valence-corrected chi connectivity index (χ2v) is 4.77. The zero-order valence-corrected chi connectivity index (χ0v) is 11.5. The summed E-state index contributed by atoms with van der Waals surface area (Å²) < 4.78 is 14.0. The van der Waals surface area contributed by atoms with E-state index in [4.69, 9.17) is 5.11 Å². The Hall–Kier alpha value is -3.03. The van der Waals surface area contributed by atoms with Gasteiger partial charge in [0.1, 0.15) is 5.82 Å². The highest BCUT2D eigenvalue weighted by molar-refractivity contribution is 5.70. The lowest BCUT2D eigenvalue weighted by Crippen LogP contribution is -2.24. The van der Waals surface area contributed by atoms with Gasteiger partial charge in [-0.05, 0) is 31.2 Å². The Kier molecular flexibility index (Phi) is 3.21. The maximum Gasteiger partial charge on any atom is 0.308 e. The SMILES string of the molecule is Cc1nc2nc(-c3ccc(F)cc3)[nH]n2c(=O)c1CC(=O)O. The summed E-state index contributed by atoms with van der Waals surface area (Å²) >= 11 is 0. The molecule has 0 amide bonds. The molecule has 3 aromatic rings. The molecule has 0 fully saturated rings. The number of hydrogen-bond acceptors (Lipinski definition) is 4. The quantitative estimate of drug-likeness (QED) is 0.756. The van der Waals surface area contributed by atoms with E-state index in [-0.39, 0.29) is 17.2 Å². The zero-order valence-electron chi connectivity index (χ0n) is 11.5. The number of rotatable bonds is 3. The molecule has 22 heavy (non-hydrogen) atoms. The first-order chi connectivity index (χ1) is 10.5. The van der Waals surface area contributed by atoms with Gasteiger partial charge in [-0.15, -0.1) is 0 Å². The number of nitrogens with zero attached hydrogens (tertiary/aromatic N) is 3. The molecular formula is C14H11FN4O3. The summed E-state index contributed by atoms with van der Waals surface area (Å²) in [7, 11) is 0. The average molecular weight is 302 g/mol. The molecule has 0 aliphatic heterocycles. The van der Waals surface area contributed by atoms with Gasteiger partial charge in [0.15, 0.2) is 5.82 Å². The molecule has 0 saturated heterocycles. The number of hydrogen-bond donors (Lipinski definition) is 2. The van der Waals surface area contributed by atoms with Crippen molar-refractivity contribution in [1.29, 1.82) is 0 Å². The summed E-state index contributed by atoms with van der Waals surface area (Å²) in [4.78, 5) is 31.5. The van der Waals surface area contributed by atoms with Crippen molar-refractivity contribution in [3.8, 4) is 11.4 Å². The lowest BCUT2D eigenvalue weighted by Gasteiger charge is -2.01. The fraction of sp³-hybridized carbons (Fsp3) is 0.143. The Balaban J connectivity index is 2.18. The molecule has 0 spiro atoms. The van der Waals surface area contributed by atoms with Gasteiger partial charge in [0, 0.05) is 5.56 Å². The summed E-state index contributed by atoms with van der Waals surface area (Å²) in [5, 5.41) is 11.6. The van der Waals surface area contributed by atoms with E-state index < -0.39 is 17.9 Å². The number of aryl methyl sites for hydroxylation is 1. The second-order valence-electron chi connectivity index (χ2n) is 4.77. The molecule has 0 aliphatic carbocycles. The Bertz CT molecular complexity index is 928. The van der Waals surface area contributed by atoms with E-state index in [1.807, 2.05) is 0 Å². The van der Waals surface area contributed by atoms with Crippen molar-refractivity contribution >= 4 is 11.7 Å². The first-order valence-electron chi connectivity index (χ1n) is 6.41. The number of aliphatic carboxylic acids is 1. The predicted octanol–water partition coefficient (Wildman–Crippen LogP) is 1.16. The van der Waals surface area contributed by atoms with Gasteiger partial charge in [-0.2, -0.15) is 9.50 Å². The van der Waals surface area contributed by atoms with E-state index in [1.165, 1.54) is 24.3 Å². The van der Waals surface area contributed by atoms with Crippen LogP contribution in [0.15, 0.2) is 29.1 Å². The highest BCUT2D eigenvalue weighted by atomic mass is 19.1. The van der Waals surface area contributed by atoms with Crippen molar-refractivity contribution in [2.75, 3.05) is 0 Å². The third kappa shape index (κ3) is 2.34. The normalized spacial score (nSPS) is 11.0. The molecule has 2 heterocycles. The lowest BCUT2D eigenvalue weighted by molar-refractivity contribution is -0.136. The van der Waals surface area contributed by atoms with Gasteiger partial charge in [0.05, 0.1) is 17.7 Å². The molecule has 0 unspecified atom stereocenters. The molecule has 0 aliphatic rings. The highest BCUT2D eigenvalue weighted by Gasteiger charge is 2.16. The van der Waals surface area contributed by atoms with E-state index in [1.54, 1.807) is 6.92 Å². The molecule has 3 rings (SSSR count). The van der Waals surface area contributed by atoms with Crippen LogP contribution in [0.2, 0.25) is 0 Å². The molecular weight excluding hydrogens is 291 g/mol. The van der Waals surface area contributed by atoms with Crippen LogP contribution < -0.4 is 5.56 Å². The second kappa shape index (κ2) is 5.06. The number of halogens is 1. The first-order valence-corrected chi connectivity index (χ1v) is 6.41. The predicted molar refractivity (Wildman–Crippen MR) is 75.1 cm³/mol. The average Bonchev–Trinajstić information content (AvgIpc) is 2.88. The van der Waals surface area contributed by atoms with Gasteiger partial charge in [-0.1, -0.05) is 0 Å². The number of fused-ring (bicyclic) bond motifs is 1.